The molecule has 0 bridgehead atoms. The van der Waals surface area contributed by atoms with Crippen molar-refractivity contribution in [3.8, 4) is 0 Å². The van der Waals surface area contributed by atoms with E-state index in [1.807, 2.05) is 0 Å². The van der Waals surface area contributed by atoms with Gasteiger partial charge in [0.25, 0.3) is 0 Å². The minimum Gasteiger partial charge on any atom is -0.468 e. The molecule has 0 aliphatic rings. The molecule has 20 heavy (non-hydrogen) atoms. The van der Waals surface area contributed by atoms with Crippen LogP contribution in [-0.4, -0.2) is 26.3 Å². The minimum absolute atomic E-state index is 0.165. The summed E-state index contributed by atoms with van der Waals surface area (Å²) < 4.78 is 28.0. The van der Waals surface area contributed by atoms with E-state index in [9.17, 15) is 9.36 Å². The number of ether oxygens (including phenoxy) is 1. The number of esters is 1. The van der Waals surface area contributed by atoms with Gasteiger partial charge in [-0.15, -0.1) is 0 Å². The molecule has 0 aliphatic carbocycles. The highest BCUT2D eigenvalue weighted by Crippen LogP contribution is 2.61. The second-order valence-electron chi connectivity index (χ2n) is 3.85. The predicted octanol–water partition coefficient (Wildman–Crippen LogP) is 3.82. The molecule has 0 aromatic heterocycles. The molecule has 1 aromatic rings. The molecule has 0 heterocycles. The Morgan fingerprint density at radius 3 is 2.10 bits per heavy atom. The molecule has 0 amide bonds. The lowest BCUT2D eigenvalue weighted by Crippen LogP contribution is -2.17. The summed E-state index contributed by atoms with van der Waals surface area (Å²) in [6.07, 6.45) is 0. The van der Waals surface area contributed by atoms with E-state index < -0.39 is 19.2 Å². The third kappa shape index (κ3) is 4.06. The molecule has 0 saturated carbocycles. The lowest BCUT2D eigenvalue weighted by Gasteiger charge is -2.24. The Balaban J connectivity index is 3.26. The average molecular weight is 321 g/mol. The summed E-state index contributed by atoms with van der Waals surface area (Å²) in [5.41, 5.74) is -0.642. The zero-order valence-electron chi connectivity index (χ0n) is 11.7. The molecule has 0 N–H and O–H groups in total. The van der Waals surface area contributed by atoms with Gasteiger partial charge in [-0.2, -0.15) is 0 Å². The summed E-state index contributed by atoms with van der Waals surface area (Å²) in [7, 11) is -2.43. The topological polar surface area (TPSA) is 61.8 Å². The van der Waals surface area contributed by atoms with Gasteiger partial charge in [-0.25, -0.2) is 0 Å². The van der Waals surface area contributed by atoms with E-state index in [0.717, 1.165) is 0 Å². The van der Waals surface area contributed by atoms with Gasteiger partial charge in [-0.05, 0) is 31.5 Å². The van der Waals surface area contributed by atoms with Crippen molar-refractivity contribution in [1.82, 2.24) is 0 Å². The number of benzene rings is 1. The fourth-order valence-electron chi connectivity index (χ4n) is 1.75. The predicted molar refractivity (Wildman–Crippen MR) is 77.1 cm³/mol. The highest BCUT2D eigenvalue weighted by Gasteiger charge is 2.43. The first-order chi connectivity index (χ1) is 9.48. The number of halogens is 1. The second-order valence-corrected chi connectivity index (χ2v) is 6.40. The van der Waals surface area contributed by atoms with Crippen LogP contribution in [0.1, 0.15) is 25.1 Å². The molecule has 0 spiro atoms. The van der Waals surface area contributed by atoms with Crippen LogP contribution in [0.15, 0.2) is 24.3 Å². The number of hydrogen-bond donors (Lipinski definition) is 0. The zero-order chi connectivity index (χ0) is 15.2. The minimum atomic E-state index is -3.66. The molecular formula is C13H18ClO5P. The molecule has 1 atom stereocenters. The van der Waals surface area contributed by atoms with Gasteiger partial charge in [0.15, 0.2) is 5.66 Å². The standard InChI is InChI=1S/C13H18ClO5P/c1-4-18-20(16,19-5-2)12(13(15)17-3)10-6-8-11(14)9-7-10/h6-9,12H,4-5H2,1-3H3/t12-/m0/s1. The van der Waals surface area contributed by atoms with E-state index in [0.29, 0.717) is 10.6 Å². The quantitative estimate of drug-likeness (QED) is 0.564. The Bertz CT molecular complexity index is 478. The molecule has 0 saturated heterocycles. The van der Waals surface area contributed by atoms with E-state index in [1.54, 1.807) is 38.1 Å². The summed E-state index contributed by atoms with van der Waals surface area (Å²) in [4.78, 5) is 12.0. The number of carbonyl (C=O) groups is 1. The summed E-state index contributed by atoms with van der Waals surface area (Å²) >= 11 is 5.82. The average Bonchev–Trinajstić information content (AvgIpc) is 2.41. The normalized spacial score (nSPS) is 13.0. The molecule has 112 valence electrons. The molecule has 5 nitrogen and oxygen atoms in total. The van der Waals surface area contributed by atoms with Crippen molar-refractivity contribution in [2.24, 2.45) is 0 Å². The first-order valence-electron chi connectivity index (χ1n) is 6.20. The van der Waals surface area contributed by atoms with Crippen LogP contribution in [0.4, 0.5) is 0 Å². The lowest BCUT2D eigenvalue weighted by atomic mass is 10.1. The maximum atomic E-state index is 12.8. The number of hydrogen-bond acceptors (Lipinski definition) is 5. The van der Waals surface area contributed by atoms with Gasteiger partial charge >= 0.3 is 13.6 Å². The molecule has 1 aromatic carbocycles. The van der Waals surface area contributed by atoms with E-state index in [2.05, 4.69) is 0 Å². The molecule has 7 heteroatoms. The summed E-state index contributed by atoms with van der Waals surface area (Å²) in [6.45, 7) is 3.69. The van der Waals surface area contributed by atoms with Crippen LogP contribution in [0.5, 0.6) is 0 Å². The van der Waals surface area contributed by atoms with Crippen molar-refractivity contribution >= 4 is 25.2 Å². The van der Waals surface area contributed by atoms with Gasteiger partial charge < -0.3 is 13.8 Å². The van der Waals surface area contributed by atoms with Crippen molar-refractivity contribution < 1.29 is 23.1 Å². The summed E-state index contributed by atoms with van der Waals surface area (Å²) in [5.74, 6) is -0.669. The molecular weight excluding hydrogens is 303 g/mol. The van der Waals surface area contributed by atoms with E-state index in [-0.39, 0.29) is 13.2 Å². The molecule has 0 unspecified atom stereocenters. The largest absolute Gasteiger partial charge is 0.468 e. The first kappa shape index (κ1) is 17.2. The van der Waals surface area contributed by atoms with E-state index in [4.69, 9.17) is 25.4 Å². The van der Waals surface area contributed by atoms with Crippen molar-refractivity contribution in [3.05, 3.63) is 34.9 Å². The number of carbonyl (C=O) groups excluding carboxylic acids is 1. The van der Waals surface area contributed by atoms with Crippen LogP contribution >= 0.6 is 19.2 Å². The maximum absolute atomic E-state index is 12.8. The molecule has 1 rings (SSSR count). The van der Waals surface area contributed by atoms with Crippen LogP contribution < -0.4 is 0 Å². The van der Waals surface area contributed by atoms with Crippen molar-refractivity contribution in [2.45, 2.75) is 19.5 Å². The van der Waals surface area contributed by atoms with Crippen molar-refractivity contribution in [1.29, 1.82) is 0 Å². The van der Waals surface area contributed by atoms with Crippen LogP contribution in [0.25, 0.3) is 0 Å². The number of rotatable bonds is 7. The van der Waals surface area contributed by atoms with Gasteiger partial charge in [-0.1, -0.05) is 23.7 Å². The van der Waals surface area contributed by atoms with Gasteiger partial charge in [0.1, 0.15) is 0 Å². The fraction of sp³-hybridized carbons (Fsp3) is 0.462. The molecule has 0 aliphatic heterocycles. The van der Waals surface area contributed by atoms with Crippen LogP contribution in [0.2, 0.25) is 5.02 Å². The number of methoxy groups -OCH3 is 1. The van der Waals surface area contributed by atoms with E-state index in [1.165, 1.54) is 7.11 Å². The Morgan fingerprint density at radius 2 is 1.70 bits per heavy atom. The summed E-state index contributed by atoms with van der Waals surface area (Å²) in [6, 6.07) is 6.42. The lowest BCUT2D eigenvalue weighted by molar-refractivity contribution is -0.140. The fourth-order valence-corrected chi connectivity index (χ4v) is 3.87. The zero-order valence-corrected chi connectivity index (χ0v) is 13.3. The SMILES string of the molecule is CCOP(=O)(OCC)[C@H](C(=O)OC)c1ccc(Cl)cc1. The molecule has 0 radical (unpaired) electrons. The Labute approximate surface area is 123 Å². The van der Waals surface area contributed by atoms with Crippen molar-refractivity contribution in [3.63, 3.8) is 0 Å². The third-order valence-corrected chi connectivity index (χ3v) is 5.17. The van der Waals surface area contributed by atoms with Crippen LogP contribution in [0, 0.1) is 0 Å². The maximum Gasteiger partial charge on any atom is 0.349 e. The third-order valence-electron chi connectivity index (χ3n) is 2.54. The first-order valence-corrected chi connectivity index (χ1v) is 8.19. The smallest absolute Gasteiger partial charge is 0.349 e. The van der Waals surface area contributed by atoms with Crippen molar-refractivity contribution in [2.75, 3.05) is 20.3 Å². The van der Waals surface area contributed by atoms with Crippen LogP contribution in [-0.2, 0) is 23.1 Å². The van der Waals surface area contributed by atoms with Gasteiger partial charge in [-0.3, -0.25) is 9.36 Å². The highest BCUT2D eigenvalue weighted by molar-refractivity contribution is 7.55. The van der Waals surface area contributed by atoms with E-state index >= 15 is 0 Å². The highest BCUT2D eigenvalue weighted by atomic mass is 35.5. The van der Waals surface area contributed by atoms with Gasteiger partial charge in [0, 0.05) is 5.02 Å². The second kappa shape index (κ2) is 7.79. The summed E-state index contributed by atoms with van der Waals surface area (Å²) in [5, 5.41) is 0.514. The Hall–Kier alpha value is -0.870. The van der Waals surface area contributed by atoms with Gasteiger partial charge in [0.2, 0.25) is 0 Å². The van der Waals surface area contributed by atoms with Crippen LogP contribution in [0.3, 0.4) is 0 Å². The monoisotopic (exact) mass is 320 g/mol. The Kier molecular flexibility index (Phi) is 6.69. The Morgan fingerprint density at radius 1 is 1.20 bits per heavy atom. The van der Waals surface area contributed by atoms with Gasteiger partial charge in [0.05, 0.1) is 20.3 Å². The molecule has 0 fully saturated rings.